The first-order valence-electron chi connectivity index (χ1n) is 10.5. The van der Waals surface area contributed by atoms with Crippen molar-refractivity contribution < 1.29 is 22.8 Å². The van der Waals surface area contributed by atoms with Crippen molar-refractivity contribution in [2.24, 2.45) is 0 Å². The molecule has 2 aromatic carbocycles. The van der Waals surface area contributed by atoms with Gasteiger partial charge in [-0.2, -0.15) is 13.8 Å². The molecule has 1 aromatic heterocycles. The van der Waals surface area contributed by atoms with Crippen molar-refractivity contribution >= 4 is 5.91 Å². The van der Waals surface area contributed by atoms with E-state index in [-0.39, 0.29) is 23.5 Å². The highest BCUT2D eigenvalue weighted by Crippen LogP contribution is 2.29. The minimum Gasteiger partial charge on any atom is -0.434 e. The Morgan fingerprint density at radius 3 is 2.66 bits per heavy atom. The molecule has 0 unspecified atom stereocenters. The molecule has 0 spiro atoms. The highest BCUT2D eigenvalue weighted by Gasteiger charge is 2.23. The van der Waals surface area contributed by atoms with E-state index in [0.29, 0.717) is 23.6 Å². The molecule has 9 heteroatoms. The zero-order valence-electron chi connectivity index (χ0n) is 17.6. The smallest absolute Gasteiger partial charge is 0.387 e. The number of hydrogen-bond donors (Lipinski definition) is 1. The van der Waals surface area contributed by atoms with Crippen LogP contribution < -0.4 is 10.1 Å². The standard InChI is InChI=1S/C23H24F2N4O3/c1-15-6-2-3-7-17(15)22(30)26-16-10-12-29(13-11-16)14-20-27-21(28-32-20)18-8-4-5-9-19(18)31-23(24)25/h2-9,16,23H,10-14H2,1H3,(H,26,30). The molecule has 0 saturated carbocycles. The van der Waals surface area contributed by atoms with Crippen LogP contribution in [0.3, 0.4) is 0 Å². The number of rotatable bonds is 7. The van der Waals surface area contributed by atoms with Crippen LogP contribution in [-0.4, -0.2) is 46.7 Å². The van der Waals surface area contributed by atoms with Crippen LogP contribution in [0.1, 0.15) is 34.7 Å². The lowest BCUT2D eigenvalue weighted by molar-refractivity contribution is -0.0494. The zero-order valence-corrected chi connectivity index (χ0v) is 17.6. The van der Waals surface area contributed by atoms with E-state index < -0.39 is 6.61 Å². The molecule has 168 valence electrons. The second-order valence-electron chi connectivity index (χ2n) is 7.73. The van der Waals surface area contributed by atoms with Gasteiger partial charge in [-0.05, 0) is 43.5 Å². The molecule has 1 aliphatic rings. The molecule has 1 amide bonds. The number of benzene rings is 2. The number of carbonyl (C=O) groups is 1. The summed E-state index contributed by atoms with van der Waals surface area (Å²) in [5, 5.41) is 7.04. The van der Waals surface area contributed by atoms with Gasteiger partial charge in [0.05, 0.1) is 12.1 Å². The normalized spacial score (nSPS) is 15.1. The number of para-hydroxylation sites is 1. The lowest BCUT2D eigenvalue weighted by Crippen LogP contribution is -2.44. The van der Waals surface area contributed by atoms with Crippen LogP contribution in [0, 0.1) is 6.92 Å². The van der Waals surface area contributed by atoms with Crippen LogP contribution in [0.5, 0.6) is 5.75 Å². The molecule has 1 fully saturated rings. The summed E-state index contributed by atoms with van der Waals surface area (Å²) in [5.41, 5.74) is 2.00. The summed E-state index contributed by atoms with van der Waals surface area (Å²) in [7, 11) is 0. The monoisotopic (exact) mass is 442 g/mol. The van der Waals surface area contributed by atoms with Gasteiger partial charge in [-0.3, -0.25) is 9.69 Å². The Labute approximate surface area is 184 Å². The molecule has 4 rings (SSSR count). The predicted octanol–water partition coefficient (Wildman–Crippen LogP) is 4.04. The Morgan fingerprint density at radius 1 is 1.19 bits per heavy atom. The fourth-order valence-corrected chi connectivity index (χ4v) is 3.80. The molecule has 1 aliphatic heterocycles. The Kier molecular flexibility index (Phi) is 6.75. The number of likely N-dealkylation sites (tertiary alicyclic amines) is 1. The predicted molar refractivity (Wildman–Crippen MR) is 113 cm³/mol. The molecule has 1 saturated heterocycles. The third-order valence-corrected chi connectivity index (χ3v) is 5.48. The largest absolute Gasteiger partial charge is 0.434 e. The minimum atomic E-state index is -2.94. The maximum Gasteiger partial charge on any atom is 0.387 e. The van der Waals surface area contributed by atoms with Gasteiger partial charge in [-0.15, -0.1) is 0 Å². The first-order valence-corrected chi connectivity index (χ1v) is 10.5. The minimum absolute atomic E-state index is 0.0000543. The van der Waals surface area contributed by atoms with Gasteiger partial charge in [0.1, 0.15) is 5.75 Å². The summed E-state index contributed by atoms with van der Waals surface area (Å²) in [6.45, 7) is 0.968. The second kappa shape index (κ2) is 9.86. The third-order valence-electron chi connectivity index (χ3n) is 5.48. The van der Waals surface area contributed by atoms with Crippen molar-refractivity contribution in [3.63, 3.8) is 0 Å². The van der Waals surface area contributed by atoms with E-state index in [2.05, 4.69) is 25.1 Å². The summed E-state index contributed by atoms with van der Waals surface area (Å²) in [6, 6.07) is 14.0. The number of carbonyl (C=O) groups excluding carboxylic acids is 1. The highest BCUT2D eigenvalue weighted by molar-refractivity contribution is 5.95. The topological polar surface area (TPSA) is 80.5 Å². The van der Waals surface area contributed by atoms with Crippen molar-refractivity contribution in [3.05, 3.63) is 65.5 Å². The first kappa shape index (κ1) is 21.9. The molecule has 0 bridgehead atoms. The Morgan fingerprint density at radius 2 is 1.91 bits per heavy atom. The molecular formula is C23H24F2N4O3. The molecule has 3 aromatic rings. The molecule has 32 heavy (non-hydrogen) atoms. The highest BCUT2D eigenvalue weighted by atomic mass is 19.3. The summed E-state index contributed by atoms with van der Waals surface area (Å²) >= 11 is 0. The Balaban J connectivity index is 1.32. The molecule has 0 atom stereocenters. The van der Waals surface area contributed by atoms with Crippen molar-refractivity contribution in [2.75, 3.05) is 13.1 Å². The number of piperidine rings is 1. The van der Waals surface area contributed by atoms with Crippen LogP contribution in [0.4, 0.5) is 8.78 Å². The number of aryl methyl sites for hydroxylation is 1. The number of amides is 1. The van der Waals surface area contributed by atoms with Crippen LogP contribution in [0.15, 0.2) is 53.1 Å². The van der Waals surface area contributed by atoms with Crippen LogP contribution in [-0.2, 0) is 6.54 Å². The molecule has 7 nitrogen and oxygen atoms in total. The average molecular weight is 442 g/mol. The van der Waals surface area contributed by atoms with Crippen molar-refractivity contribution in [2.45, 2.75) is 39.0 Å². The van der Waals surface area contributed by atoms with Crippen molar-refractivity contribution in [1.29, 1.82) is 0 Å². The summed E-state index contributed by atoms with van der Waals surface area (Å²) in [4.78, 5) is 19.0. The fourth-order valence-electron chi connectivity index (χ4n) is 3.80. The molecule has 2 heterocycles. The SMILES string of the molecule is Cc1ccccc1C(=O)NC1CCN(Cc2nc(-c3ccccc3OC(F)F)no2)CC1. The number of nitrogens with zero attached hydrogens (tertiary/aromatic N) is 3. The molecule has 1 N–H and O–H groups in total. The number of nitrogens with one attached hydrogen (secondary N) is 1. The van der Waals surface area contributed by atoms with Gasteiger partial charge in [0, 0.05) is 24.7 Å². The Bertz CT molecular complexity index is 1060. The lowest BCUT2D eigenvalue weighted by atomic mass is 10.0. The zero-order chi connectivity index (χ0) is 22.5. The average Bonchev–Trinajstić information content (AvgIpc) is 3.23. The van der Waals surface area contributed by atoms with E-state index in [1.165, 1.54) is 6.07 Å². The van der Waals surface area contributed by atoms with Gasteiger partial charge in [0.25, 0.3) is 5.91 Å². The van der Waals surface area contributed by atoms with Gasteiger partial charge >= 0.3 is 6.61 Å². The fraction of sp³-hybridized carbons (Fsp3) is 0.348. The molecule has 0 aliphatic carbocycles. The van der Waals surface area contributed by atoms with E-state index in [0.717, 1.165) is 31.5 Å². The van der Waals surface area contributed by atoms with Gasteiger partial charge in [-0.1, -0.05) is 35.5 Å². The summed E-state index contributed by atoms with van der Waals surface area (Å²) in [5.74, 6) is 0.554. The number of hydrogen-bond acceptors (Lipinski definition) is 6. The number of ether oxygens (including phenoxy) is 1. The van der Waals surface area contributed by atoms with Gasteiger partial charge in [0.2, 0.25) is 11.7 Å². The quantitative estimate of drug-likeness (QED) is 0.595. The van der Waals surface area contributed by atoms with Gasteiger partial charge in [-0.25, -0.2) is 0 Å². The van der Waals surface area contributed by atoms with Crippen LogP contribution >= 0.6 is 0 Å². The van der Waals surface area contributed by atoms with Crippen molar-refractivity contribution in [3.8, 4) is 17.1 Å². The Hall–Kier alpha value is -3.33. The van der Waals surface area contributed by atoms with E-state index in [1.54, 1.807) is 18.2 Å². The number of aromatic nitrogens is 2. The number of halogens is 2. The molecular weight excluding hydrogens is 418 g/mol. The van der Waals surface area contributed by atoms with Crippen molar-refractivity contribution in [1.82, 2.24) is 20.4 Å². The maximum absolute atomic E-state index is 12.6. The third kappa shape index (κ3) is 5.28. The van der Waals surface area contributed by atoms with E-state index in [1.807, 2.05) is 31.2 Å². The van der Waals surface area contributed by atoms with Gasteiger partial charge < -0.3 is 14.6 Å². The van der Waals surface area contributed by atoms with Crippen LogP contribution in [0.25, 0.3) is 11.4 Å². The summed E-state index contributed by atoms with van der Waals surface area (Å²) in [6.07, 6.45) is 1.62. The maximum atomic E-state index is 12.6. The van der Waals surface area contributed by atoms with E-state index >= 15 is 0 Å². The van der Waals surface area contributed by atoms with Crippen LogP contribution in [0.2, 0.25) is 0 Å². The second-order valence-corrected chi connectivity index (χ2v) is 7.73. The molecule has 0 radical (unpaired) electrons. The lowest BCUT2D eigenvalue weighted by Gasteiger charge is -2.31. The van der Waals surface area contributed by atoms with E-state index in [4.69, 9.17) is 4.52 Å². The summed E-state index contributed by atoms with van der Waals surface area (Å²) < 4.78 is 35.1. The first-order chi connectivity index (χ1) is 15.5. The number of alkyl halides is 2. The van der Waals surface area contributed by atoms with Gasteiger partial charge in [0.15, 0.2) is 0 Å². The van der Waals surface area contributed by atoms with E-state index in [9.17, 15) is 13.6 Å².